The summed E-state index contributed by atoms with van der Waals surface area (Å²) in [6.07, 6.45) is 1.61. The van der Waals surface area contributed by atoms with E-state index in [1.165, 1.54) is 17.0 Å². The predicted octanol–water partition coefficient (Wildman–Crippen LogP) is 3.38. The third-order valence-electron chi connectivity index (χ3n) is 3.03. The molecule has 22 heavy (non-hydrogen) atoms. The molecule has 0 radical (unpaired) electrons. The normalized spacial score (nSPS) is 10.3. The van der Waals surface area contributed by atoms with E-state index in [-0.39, 0.29) is 11.6 Å². The molecule has 0 spiro atoms. The van der Waals surface area contributed by atoms with E-state index in [4.69, 9.17) is 0 Å². The summed E-state index contributed by atoms with van der Waals surface area (Å²) in [7, 11) is 1.64. The zero-order chi connectivity index (χ0) is 16.1. The van der Waals surface area contributed by atoms with Crippen LogP contribution in [0.15, 0.2) is 47.6 Å². The van der Waals surface area contributed by atoms with Gasteiger partial charge in [0.05, 0.1) is 9.95 Å². The van der Waals surface area contributed by atoms with E-state index in [1.807, 2.05) is 6.92 Å². The number of pyridine rings is 1. The van der Waals surface area contributed by atoms with Gasteiger partial charge in [-0.05, 0) is 30.0 Å². The van der Waals surface area contributed by atoms with Crippen LogP contribution in [0.5, 0.6) is 0 Å². The van der Waals surface area contributed by atoms with Crippen molar-refractivity contribution < 1.29 is 9.72 Å². The number of nitro groups is 1. The van der Waals surface area contributed by atoms with Crippen molar-refractivity contribution in [1.82, 2.24) is 4.98 Å². The molecule has 1 aromatic heterocycles. The predicted molar refractivity (Wildman–Crippen MR) is 86.5 cm³/mol. The Labute approximate surface area is 132 Å². The van der Waals surface area contributed by atoms with E-state index in [1.54, 1.807) is 49.3 Å². The fraction of sp³-hybridized carbons (Fsp3) is 0.200. The molecule has 1 heterocycles. The van der Waals surface area contributed by atoms with Crippen LogP contribution in [0, 0.1) is 10.1 Å². The molecular weight excluding hydrogens is 302 g/mol. The second kappa shape index (κ2) is 7.04. The lowest BCUT2D eigenvalue weighted by atomic mass is 10.2. The Hall–Kier alpha value is -2.41. The summed E-state index contributed by atoms with van der Waals surface area (Å²) in [6.45, 7) is 2.02. The quantitative estimate of drug-likeness (QED) is 0.480. The third-order valence-corrected chi connectivity index (χ3v) is 3.83. The van der Waals surface area contributed by atoms with Gasteiger partial charge < -0.3 is 4.90 Å². The molecule has 6 nitrogen and oxygen atoms in total. The van der Waals surface area contributed by atoms with Gasteiger partial charge in [0.1, 0.15) is 0 Å². The van der Waals surface area contributed by atoms with Crippen molar-refractivity contribution in [3.63, 3.8) is 0 Å². The molecule has 2 aromatic rings. The molecule has 0 bridgehead atoms. The summed E-state index contributed by atoms with van der Waals surface area (Å²) >= 11 is 1.56. The maximum Gasteiger partial charge on any atom is 0.269 e. The number of benzene rings is 1. The molecule has 1 aromatic carbocycles. The Bertz CT molecular complexity index is 689. The van der Waals surface area contributed by atoms with E-state index in [2.05, 4.69) is 4.98 Å². The molecule has 0 saturated carbocycles. The molecule has 2 rings (SSSR count). The summed E-state index contributed by atoms with van der Waals surface area (Å²) < 4.78 is 0. The lowest BCUT2D eigenvalue weighted by Crippen LogP contribution is -2.26. The van der Waals surface area contributed by atoms with Crippen molar-refractivity contribution in [2.24, 2.45) is 0 Å². The van der Waals surface area contributed by atoms with Crippen LogP contribution in [0.25, 0.3) is 0 Å². The first kappa shape index (κ1) is 16.0. The fourth-order valence-electron chi connectivity index (χ4n) is 1.88. The maximum absolute atomic E-state index is 12.5. The van der Waals surface area contributed by atoms with Crippen LogP contribution in [0.4, 0.5) is 11.4 Å². The molecule has 0 saturated heterocycles. The third kappa shape index (κ3) is 3.62. The van der Waals surface area contributed by atoms with Gasteiger partial charge in [0.2, 0.25) is 0 Å². The average molecular weight is 317 g/mol. The van der Waals surface area contributed by atoms with E-state index in [9.17, 15) is 14.9 Å². The molecule has 1 amide bonds. The van der Waals surface area contributed by atoms with E-state index in [0.717, 1.165) is 10.8 Å². The van der Waals surface area contributed by atoms with Gasteiger partial charge >= 0.3 is 0 Å². The number of amides is 1. The van der Waals surface area contributed by atoms with Crippen molar-refractivity contribution in [2.75, 3.05) is 17.7 Å². The van der Waals surface area contributed by atoms with Gasteiger partial charge in [-0.25, -0.2) is 4.98 Å². The highest BCUT2D eigenvalue weighted by Gasteiger charge is 2.15. The van der Waals surface area contributed by atoms with Gasteiger partial charge in [-0.15, -0.1) is 11.8 Å². The Morgan fingerprint density at radius 1 is 1.32 bits per heavy atom. The Balaban J connectivity index is 2.21. The summed E-state index contributed by atoms with van der Waals surface area (Å²) in [6, 6.07) is 9.27. The monoisotopic (exact) mass is 317 g/mol. The van der Waals surface area contributed by atoms with Crippen molar-refractivity contribution >= 4 is 29.0 Å². The van der Waals surface area contributed by atoms with Crippen LogP contribution in [0.3, 0.4) is 0 Å². The Morgan fingerprint density at radius 2 is 2.00 bits per heavy atom. The first-order valence-electron chi connectivity index (χ1n) is 6.64. The SMILES string of the molecule is CCSc1cc(C(=O)N(C)c2ccc([N+](=O)[O-])cc2)ccn1. The zero-order valence-corrected chi connectivity index (χ0v) is 13.0. The first-order valence-corrected chi connectivity index (χ1v) is 7.63. The average Bonchev–Trinajstić information content (AvgIpc) is 2.54. The molecule has 7 heteroatoms. The summed E-state index contributed by atoms with van der Waals surface area (Å²) in [5, 5.41) is 11.4. The van der Waals surface area contributed by atoms with Gasteiger partial charge in [-0.1, -0.05) is 6.92 Å². The summed E-state index contributed by atoms with van der Waals surface area (Å²) in [5.41, 5.74) is 1.12. The van der Waals surface area contributed by atoms with Crippen molar-refractivity contribution in [3.8, 4) is 0 Å². The Morgan fingerprint density at radius 3 is 2.59 bits per heavy atom. The van der Waals surface area contributed by atoms with Crippen LogP contribution in [-0.4, -0.2) is 28.6 Å². The largest absolute Gasteiger partial charge is 0.311 e. The molecule has 0 aliphatic rings. The number of thioether (sulfide) groups is 1. The van der Waals surface area contributed by atoms with Gasteiger partial charge in [0, 0.05) is 36.6 Å². The van der Waals surface area contributed by atoms with E-state index >= 15 is 0 Å². The molecule has 114 valence electrons. The van der Waals surface area contributed by atoms with Gasteiger partial charge in [-0.3, -0.25) is 14.9 Å². The second-order valence-electron chi connectivity index (χ2n) is 4.45. The van der Waals surface area contributed by atoms with Crippen LogP contribution in [0.2, 0.25) is 0 Å². The number of nitro benzene ring substituents is 1. The van der Waals surface area contributed by atoms with Crippen molar-refractivity contribution in [1.29, 1.82) is 0 Å². The topological polar surface area (TPSA) is 76.3 Å². The highest BCUT2D eigenvalue weighted by molar-refractivity contribution is 7.99. The fourth-order valence-corrected chi connectivity index (χ4v) is 2.52. The summed E-state index contributed by atoms with van der Waals surface area (Å²) in [4.78, 5) is 28.3. The van der Waals surface area contributed by atoms with Crippen LogP contribution >= 0.6 is 11.8 Å². The number of non-ortho nitro benzene ring substituents is 1. The minimum Gasteiger partial charge on any atom is -0.311 e. The highest BCUT2D eigenvalue weighted by atomic mass is 32.2. The van der Waals surface area contributed by atoms with Crippen molar-refractivity contribution in [3.05, 3.63) is 58.3 Å². The van der Waals surface area contributed by atoms with Gasteiger partial charge in [0.25, 0.3) is 11.6 Å². The van der Waals surface area contributed by atoms with E-state index in [0.29, 0.717) is 11.3 Å². The molecular formula is C15H15N3O3S. The van der Waals surface area contributed by atoms with Crippen molar-refractivity contribution in [2.45, 2.75) is 11.9 Å². The first-order chi connectivity index (χ1) is 10.5. The van der Waals surface area contributed by atoms with E-state index < -0.39 is 4.92 Å². The number of hydrogen-bond acceptors (Lipinski definition) is 5. The lowest BCUT2D eigenvalue weighted by molar-refractivity contribution is -0.384. The Kier molecular flexibility index (Phi) is 5.11. The molecule has 0 aliphatic heterocycles. The minimum absolute atomic E-state index is 0.00450. The number of carbonyl (C=O) groups excluding carboxylic acids is 1. The van der Waals surface area contributed by atoms with Gasteiger partial charge in [-0.2, -0.15) is 0 Å². The zero-order valence-electron chi connectivity index (χ0n) is 12.2. The number of aromatic nitrogens is 1. The second-order valence-corrected chi connectivity index (χ2v) is 5.74. The number of hydrogen-bond donors (Lipinski definition) is 0. The molecule has 0 aliphatic carbocycles. The lowest BCUT2D eigenvalue weighted by Gasteiger charge is -2.17. The molecule has 0 N–H and O–H groups in total. The number of anilines is 1. The minimum atomic E-state index is -0.470. The molecule has 0 atom stereocenters. The highest BCUT2D eigenvalue weighted by Crippen LogP contribution is 2.21. The van der Waals surface area contributed by atoms with Gasteiger partial charge in [0.15, 0.2) is 0 Å². The van der Waals surface area contributed by atoms with Crippen LogP contribution < -0.4 is 4.90 Å². The van der Waals surface area contributed by atoms with Crippen LogP contribution in [0.1, 0.15) is 17.3 Å². The smallest absolute Gasteiger partial charge is 0.269 e. The summed E-state index contributed by atoms with van der Waals surface area (Å²) in [5.74, 6) is 0.692. The molecule has 0 unspecified atom stereocenters. The number of carbonyl (C=O) groups is 1. The van der Waals surface area contributed by atoms with Crippen LogP contribution in [-0.2, 0) is 0 Å². The number of nitrogens with zero attached hydrogens (tertiary/aromatic N) is 3. The maximum atomic E-state index is 12.5. The number of rotatable bonds is 5. The molecule has 0 fully saturated rings. The standard InChI is InChI=1S/C15H15N3O3S/c1-3-22-14-10-11(8-9-16-14)15(19)17(2)12-4-6-13(7-5-12)18(20)21/h4-10H,3H2,1-2H3.